The van der Waals surface area contributed by atoms with Crippen molar-refractivity contribution in [3.63, 3.8) is 0 Å². The second-order valence-electron chi connectivity index (χ2n) is 8.24. The highest BCUT2D eigenvalue weighted by molar-refractivity contribution is 5.91. The Labute approximate surface area is 193 Å². The number of ether oxygens (including phenoxy) is 1. The number of H-pyrrole nitrogens is 1. The topological polar surface area (TPSA) is 73.4 Å². The van der Waals surface area contributed by atoms with Crippen molar-refractivity contribution in [1.82, 2.24) is 25.1 Å². The number of aromatic nitrogens is 4. The second-order valence-corrected chi connectivity index (χ2v) is 8.24. The van der Waals surface area contributed by atoms with Gasteiger partial charge in [-0.1, -0.05) is 43.5 Å². The van der Waals surface area contributed by atoms with E-state index < -0.39 is 0 Å². The first-order valence-corrected chi connectivity index (χ1v) is 11.3. The van der Waals surface area contributed by atoms with Gasteiger partial charge in [-0.3, -0.25) is 5.10 Å². The summed E-state index contributed by atoms with van der Waals surface area (Å²) in [5.41, 5.74) is 4.10. The number of hydrogen-bond acceptors (Lipinski definition) is 7. The van der Waals surface area contributed by atoms with Crippen molar-refractivity contribution in [2.75, 3.05) is 49.6 Å². The van der Waals surface area contributed by atoms with Crippen LogP contribution >= 0.6 is 0 Å². The smallest absolute Gasteiger partial charge is 0.229 e. The Morgan fingerprint density at radius 1 is 1.06 bits per heavy atom. The molecule has 2 aromatic heterocycles. The van der Waals surface area contributed by atoms with Gasteiger partial charge in [0.15, 0.2) is 5.65 Å². The minimum atomic E-state index is 0.731. The molecule has 170 valence electrons. The maximum Gasteiger partial charge on any atom is 0.229 e. The lowest BCUT2D eigenvalue weighted by Crippen LogP contribution is -2.46. The molecule has 5 rings (SSSR count). The summed E-state index contributed by atoms with van der Waals surface area (Å²) in [5.74, 6) is 2.44. The van der Waals surface area contributed by atoms with Crippen LogP contribution in [0.1, 0.15) is 11.3 Å². The first-order valence-electron chi connectivity index (χ1n) is 11.3. The summed E-state index contributed by atoms with van der Waals surface area (Å²) in [4.78, 5) is 16.7. The zero-order valence-electron chi connectivity index (χ0n) is 19.0. The molecule has 3 aromatic rings. The molecule has 0 radical (unpaired) electrons. The molecule has 8 heteroatoms. The summed E-state index contributed by atoms with van der Waals surface area (Å²) in [6.07, 6.45) is 4.47. The van der Waals surface area contributed by atoms with Crippen molar-refractivity contribution >= 4 is 22.8 Å². The summed E-state index contributed by atoms with van der Waals surface area (Å²) in [7, 11) is 1.66. The zero-order chi connectivity index (χ0) is 22.8. The first-order chi connectivity index (χ1) is 16.2. The van der Waals surface area contributed by atoms with Crippen molar-refractivity contribution in [2.24, 2.45) is 0 Å². The molecule has 0 aliphatic carbocycles. The molecule has 0 atom stereocenters. The summed E-state index contributed by atoms with van der Waals surface area (Å²) in [5, 5.41) is 8.73. The Kier molecular flexibility index (Phi) is 5.73. The van der Waals surface area contributed by atoms with E-state index in [4.69, 9.17) is 14.7 Å². The number of nitrogens with one attached hydrogen (secondary N) is 1. The van der Waals surface area contributed by atoms with Gasteiger partial charge in [-0.25, -0.2) is 0 Å². The lowest BCUT2D eigenvalue weighted by molar-refractivity contribution is 0.265. The summed E-state index contributed by atoms with van der Waals surface area (Å²) >= 11 is 0. The van der Waals surface area contributed by atoms with Crippen LogP contribution in [0.25, 0.3) is 11.0 Å². The third kappa shape index (κ3) is 3.92. The molecule has 0 unspecified atom stereocenters. The van der Waals surface area contributed by atoms with Crippen LogP contribution in [-0.4, -0.2) is 64.9 Å². The van der Waals surface area contributed by atoms with E-state index in [-0.39, 0.29) is 0 Å². The molecule has 1 aromatic carbocycles. The fourth-order valence-corrected chi connectivity index (χ4v) is 4.64. The normalized spacial score (nSPS) is 16.6. The standard InChI is InChI=1S/C25H29N7O/c1-4-20(21(5-2)33-3)30-13-15-31(16-14-30)25-26-23-22-19(28-29-23)11-12-32(24(22)27-25)17-18-9-7-6-8-10-18/h4-10H,1-2,11-17H2,3H3,(H,26,27,28,29)/b21-20-. The number of methoxy groups -OCH3 is 1. The van der Waals surface area contributed by atoms with Gasteiger partial charge in [0.1, 0.15) is 11.6 Å². The number of aromatic amines is 1. The highest BCUT2D eigenvalue weighted by Gasteiger charge is 2.27. The maximum absolute atomic E-state index is 5.46. The van der Waals surface area contributed by atoms with Gasteiger partial charge in [0.05, 0.1) is 23.9 Å². The molecule has 0 saturated carbocycles. The third-order valence-electron chi connectivity index (χ3n) is 6.36. The van der Waals surface area contributed by atoms with Crippen LogP contribution in [0.4, 0.5) is 11.8 Å². The molecule has 0 bridgehead atoms. The van der Waals surface area contributed by atoms with E-state index in [0.29, 0.717) is 0 Å². The molecule has 1 N–H and O–H groups in total. The molecular weight excluding hydrogens is 414 g/mol. The average Bonchev–Trinajstić information content (AvgIpc) is 3.29. The molecule has 0 spiro atoms. The van der Waals surface area contributed by atoms with E-state index >= 15 is 0 Å². The number of hydrogen-bond donors (Lipinski definition) is 1. The third-order valence-corrected chi connectivity index (χ3v) is 6.36. The monoisotopic (exact) mass is 443 g/mol. The Bertz CT molecular complexity index is 1190. The van der Waals surface area contributed by atoms with Gasteiger partial charge in [-0.05, 0) is 17.7 Å². The average molecular weight is 444 g/mol. The number of anilines is 2. The molecular formula is C25H29N7O. The van der Waals surface area contributed by atoms with Crippen LogP contribution in [-0.2, 0) is 17.7 Å². The Morgan fingerprint density at radius 2 is 1.85 bits per heavy atom. The Morgan fingerprint density at radius 3 is 2.55 bits per heavy atom. The molecule has 2 aliphatic heterocycles. The highest BCUT2D eigenvalue weighted by atomic mass is 16.5. The molecule has 0 amide bonds. The van der Waals surface area contributed by atoms with E-state index in [1.54, 1.807) is 13.2 Å². The number of allylic oxidation sites excluding steroid dienone is 2. The number of nitrogens with zero attached hydrogens (tertiary/aromatic N) is 6. The highest BCUT2D eigenvalue weighted by Crippen LogP contribution is 2.33. The van der Waals surface area contributed by atoms with Gasteiger partial charge in [-0.15, -0.1) is 0 Å². The second kappa shape index (κ2) is 8.97. The van der Waals surface area contributed by atoms with Crippen LogP contribution in [0, 0.1) is 0 Å². The van der Waals surface area contributed by atoms with Crippen molar-refractivity contribution in [1.29, 1.82) is 0 Å². The quantitative estimate of drug-likeness (QED) is 0.444. The summed E-state index contributed by atoms with van der Waals surface area (Å²) in [6.45, 7) is 12.8. The van der Waals surface area contributed by atoms with Gasteiger partial charge in [0, 0.05) is 45.7 Å². The van der Waals surface area contributed by atoms with E-state index in [0.717, 1.165) is 85.6 Å². The Hall–Kier alpha value is -3.81. The maximum atomic E-state index is 5.46. The fourth-order valence-electron chi connectivity index (χ4n) is 4.64. The van der Waals surface area contributed by atoms with Crippen LogP contribution in [0.15, 0.2) is 67.1 Å². The van der Waals surface area contributed by atoms with Crippen LogP contribution < -0.4 is 9.80 Å². The first kappa shape index (κ1) is 21.1. The molecule has 2 aliphatic rings. The predicted octanol–water partition coefficient (Wildman–Crippen LogP) is 3.27. The molecule has 1 saturated heterocycles. The molecule has 4 heterocycles. The molecule has 1 fully saturated rings. The zero-order valence-corrected chi connectivity index (χ0v) is 19.0. The van der Waals surface area contributed by atoms with Crippen molar-refractivity contribution in [3.8, 4) is 0 Å². The number of rotatable bonds is 7. The fraction of sp³-hybridized carbons (Fsp3) is 0.320. The van der Waals surface area contributed by atoms with Gasteiger partial charge < -0.3 is 19.4 Å². The minimum absolute atomic E-state index is 0.731. The molecule has 8 nitrogen and oxygen atoms in total. The van der Waals surface area contributed by atoms with Crippen molar-refractivity contribution < 1.29 is 4.74 Å². The minimum Gasteiger partial charge on any atom is -0.495 e. The van der Waals surface area contributed by atoms with Gasteiger partial charge >= 0.3 is 0 Å². The van der Waals surface area contributed by atoms with Crippen LogP contribution in [0.3, 0.4) is 0 Å². The molecule has 33 heavy (non-hydrogen) atoms. The van der Waals surface area contributed by atoms with E-state index in [9.17, 15) is 0 Å². The van der Waals surface area contributed by atoms with Gasteiger partial charge in [0.25, 0.3) is 0 Å². The summed E-state index contributed by atoms with van der Waals surface area (Å²) in [6, 6.07) is 10.5. The van der Waals surface area contributed by atoms with Crippen LogP contribution in [0.2, 0.25) is 0 Å². The predicted molar refractivity (Wildman–Crippen MR) is 131 cm³/mol. The SMILES string of the molecule is C=C/C(OC)=C(\C=C)N1CCN(c2nc3c4c([nH]nc4n2)CCN3Cc2ccccc2)CC1. The largest absolute Gasteiger partial charge is 0.495 e. The van der Waals surface area contributed by atoms with Crippen molar-refractivity contribution in [2.45, 2.75) is 13.0 Å². The lowest BCUT2D eigenvalue weighted by Gasteiger charge is -2.37. The number of piperazine rings is 1. The summed E-state index contributed by atoms with van der Waals surface area (Å²) < 4.78 is 5.46. The van der Waals surface area contributed by atoms with Crippen molar-refractivity contribution in [3.05, 3.63) is 78.4 Å². The van der Waals surface area contributed by atoms with Crippen LogP contribution in [0.5, 0.6) is 0 Å². The Balaban J connectivity index is 1.41. The van der Waals surface area contributed by atoms with E-state index in [2.05, 4.69) is 62.3 Å². The van der Waals surface area contributed by atoms with E-state index in [1.165, 1.54) is 5.56 Å². The van der Waals surface area contributed by atoms with Gasteiger partial charge in [-0.2, -0.15) is 15.1 Å². The lowest BCUT2D eigenvalue weighted by atomic mass is 10.1. The number of benzene rings is 1. The van der Waals surface area contributed by atoms with E-state index in [1.807, 2.05) is 12.1 Å². The van der Waals surface area contributed by atoms with Gasteiger partial charge in [0.2, 0.25) is 5.95 Å².